The van der Waals surface area contributed by atoms with Crippen LogP contribution in [0.3, 0.4) is 0 Å². The molecular formula is C30H37Cl. The number of hydrogen-bond donors (Lipinski definition) is 0. The molecular weight excluding hydrogens is 396 g/mol. The number of benzene rings is 3. The number of halogens is 1. The first-order chi connectivity index (χ1) is 14.8. The Labute approximate surface area is 194 Å². The molecule has 1 heteroatoms. The van der Waals surface area contributed by atoms with E-state index in [9.17, 15) is 0 Å². The molecule has 0 aliphatic heterocycles. The van der Waals surface area contributed by atoms with Crippen molar-refractivity contribution in [2.24, 2.45) is 5.41 Å². The van der Waals surface area contributed by atoms with E-state index in [0.29, 0.717) is 23.6 Å². The summed E-state index contributed by atoms with van der Waals surface area (Å²) in [5, 5.41) is 0. The minimum atomic E-state index is 0.183. The summed E-state index contributed by atoms with van der Waals surface area (Å²) < 4.78 is 0. The summed E-state index contributed by atoms with van der Waals surface area (Å²) in [7, 11) is 0. The second-order valence-electron chi connectivity index (χ2n) is 10.2. The van der Waals surface area contributed by atoms with Gasteiger partial charge in [0.1, 0.15) is 0 Å². The Hall–Kier alpha value is -2.05. The highest BCUT2D eigenvalue weighted by atomic mass is 35.5. The third-order valence-corrected chi connectivity index (χ3v) is 6.97. The van der Waals surface area contributed by atoms with Crippen molar-refractivity contribution in [3.8, 4) is 0 Å². The first-order valence-electron chi connectivity index (χ1n) is 11.5. The summed E-state index contributed by atoms with van der Waals surface area (Å²) in [6, 6.07) is 29.1. The Morgan fingerprint density at radius 3 is 1.84 bits per heavy atom. The maximum absolute atomic E-state index is 6.04. The highest BCUT2D eigenvalue weighted by Crippen LogP contribution is 2.44. The van der Waals surface area contributed by atoms with Crippen molar-refractivity contribution >= 4 is 11.6 Å². The van der Waals surface area contributed by atoms with Gasteiger partial charge < -0.3 is 0 Å². The summed E-state index contributed by atoms with van der Waals surface area (Å²) in [6.45, 7) is 11.7. The Morgan fingerprint density at radius 1 is 0.710 bits per heavy atom. The average Bonchev–Trinajstić information content (AvgIpc) is 2.77. The van der Waals surface area contributed by atoms with Crippen LogP contribution in [-0.4, -0.2) is 0 Å². The van der Waals surface area contributed by atoms with Crippen LogP contribution in [-0.2, 0) is 5.88 Å². The molecule has 0 saturated carbocycles. The van der Waals surface area contributed by atoms with Gasteiger partial charge in [-0.05, 0) is 65.2 Å². The van der Waals surface area contributed by atoms with Crippen molar-refractivity contribution in [2.45, 2.75) is 71.1 Å². The van der Waals surface area contributed by atoms with Crippen LogP contribution in [0.15, 0.2) is 78.9 Å². The van der Waals surface area contributed by atoms with E-state index in [1.165, 1.54) is 27.8 Å². The SMILES string of the molecule is Cc1ccc(C(C)CC(CC(c2ccc(CCl)cc2)C(C)(C)C)c2ccccc2)cc1. The number of alkyl halides is 1. The molecule has 0 aromatic heterocycles. The molecule has 31 heavy (non-hydrogen) atoms. The van der Waals surface area contributed by atoms with Crippen LogP contribution < -0.4 is 0 Å². The minimum Gasteiger partial charge on any atom is -0.122 e. The zero-order valence-corrected chi connectivity index (χ0v) is 20.5. The summed E-state index contributed by atoms with van der Waals surface area (Å²) in [5.41, 5.74) is 7.00. The van der Waals surface area contributed by atoms with Gasteiger partial charge in [-0.25, -0.2) is 0 Å². The van der Waals surface area contributed by atoms with Crippen molar-refractivity contribution in [1.29, 1.82) is 0 Å². The van der Waals surface area contributed by atoms with Gasteiger partial charge >= 0.3 is 0 Å². The van der Waals surface area contributed by atoms with Gasteiger partial charge in [0.15, 0.2) is 0 Å². The molecule has 0 bridgehead atoms. The molecule has 0 nitrogen and oxygen atoms in total. The van der Waals surface area contributed by atoms with Crippen molar-refractivity contribution < 1.29 is 0 Å². The van der Waals surface area contributed by atoms with Crippen LogP contribution in [0, 0.1) is 12.3 Å². The van der Waals surface area contributed by atoms with E-state index in [4.69, 9.17) is 11.6 Å². The van der Waals surface area contributed by atoms with Gasteiger partial charge in [0, 0.05) is 5.88 Å². The van der Waals surface area contributed by atoms with Gasteiger partial charge in [0.25, 0.3) is 0 Å². The van der Waals surface area contributed by atoms with E-state index < -0.39 is 0 Å². The highest BCUT2D eigenvalue weighted by molar-refractivity contribution is 6.17. The van der Waals surface area contributed by atoms with Gasteiger partial charge in [-0.2, -0.15) is 0 Å². The molecule has 0 saturated heterocycles. The van der Waals surface area contributed by atoms with Gasteiger partial charge in [-0.1, -0.05) is 112 Å². The predicted molar refractivity (Wildman–Crippen MR) is 136 cm³/mol. The van der Waals surface area contributed by atoms with Crippen molar-refractivity contribution in [3.63, 3.8) is 0 Å². The number of rotatable bonds is 8. The number of hydrogen-bond acceptors (Lipinski definition) is 0. The van der Waals surface area contributed by atoms with Crippen molar-refractivity contribution in [2.75, 3.05) is 0 Å². The van der Waals surface area contributed by atoms with Crippen LogP contribution in [0.4, 0.5) is 0 Å². The summed E-state index contributed by atoms with van der Waals surface area (Å²) in [4.78, 5) is 0. The van der Waals surface area contributed by atoms with Crippen LogP contribution in [0.1, 0.15) is 86.1 Å². The fraction of sp³-hybridized carbons (Fsp3) is 0.400. The van der Waals surface area contributed by atoms with Crippen LogP contribution >= 0.6 is 11.6 Å². The van der Waals surface area contributed by atoms with Crippen LogP contribution in [0.5, 0.6) is 0 Å². The molecule has 0 spiro atoms. The Morgan fingerprint density at radius 2 is 1.29 bits per heavy atom. The maximum atomic E-state index is 6.04. The van der Waals surface area contributed by atoms with Crippen molar-refractivity contribution in [3.05, 3.63) is 107 Å². The molecule has 164 valence electrons. The lowest BCUT2D eigenvalue weighted by Crippen LogP contribution is -2.22. The number of aryl methyl sites for hydroxylation is 1. The first kappa shape index (κ1) is 23.6. The Balaban J connectivity index is 1.90. The zero-order valence-electron chi connectivity index (χ0n) is 19.7. The summed E-state index contributed by atoms with van der Waals surface area (Å²) in [6.07, 6.45) is 2.29. The Bertz CT molecular complexity index is 917. The minimum absolute atomic E-state index is 0.183. The lowest BCUT2D eigenvalue weighted by atomic mass is 9.69. The molecule has 0 fully saturated rings. The van der Waals surface area contributed by atoms with E-state index in [2.05, 4.69) is 113 Å². The lowest BCUT2D eigenvalue weighted by molar-refractivity contribution is 0.282. The second kappa shape index (κ2) is 10.5. The molecule has 3 aromatic carbocycles. The van der Waals surface area contributed by atoms with Crippen molar-refractivity contribution in [1.82, 2.24) is 0 Å². The largest absolute Gasteiger partial charge is 0.122 e. The standard InChI is InChI=1S/C30H37Cl/c1-22-11-15-25(16-12-22)23(2)19-28(26-9-7-6-8-10-26)20-29(30(3,4)5)27-17-13-24(21-31)14-18-27/h6-18,23,28-29H,19-21H2,1-5H3. The first-order valence-corrected chi connectivity index (χ1v) is 12.1. The molecule has 3 rings (SSSR count). The monoisotopic (exact) mass is 432 g/mol. The third-order valence-electron chi connectivity index (χ3n) is 6.66. The molecule has 3 unspecified atom stereocenters. The topological polar surface area (TPSA) is 0 Å². The quantitative estimate of drug-likeness (QED) is 0.311. The van der Waals surface area contributed by atoms with E-state index in [1.807, 2.05) is 0 Å². The maximum Gasteiger partial charge on any atom is 0.0474 e. The summed E-state index contributed by atoms with van der Waals surface area (Å²) in [5.74, 6) is 2.08. The van der Waals surface area contributed by atoms with E-state index >= 15 is 0 Å². The van der Waals surface area contributed by atoms with E-state index in [-0.39, 0.29) is 5.41 Å². The molecule has 0 N–H and O–H groups in total. The highest BCUT2D eigenvalue weighted by Gasteiger charge is 2.30. The fourth-order valence-electron chi connectivity index (χ4n) is 4.66. The molecule has 0 aliphatic carbocycles. The van der Waals surface area contributed by atoms with Gasteiger partial charge in [0.2, 0.25) is 0 Å². The van der Waals surface area contributed by atoms with Gasteiger partial charge in [-0.15, -0.1) is 11.6 Å². The average molecular weight is 433 g/mol. The Kier molecular flexibility index (Phi) is 8.00. The predicted octanol–water partition coefficient (Wildman–Crippen LogP) is 9.23. The van der Waals surface area contributed by atoms with Gasteiger partial charge in [0.05, 0.1) is 0 Å². The van der Waals surface area contributed by atoms with Crippen LogP contribution in [0.25, 0.3) is 0 Å². The molecule has 0 radical (unpaired) electrons. The lowest BCUT2D eigenvalue weighted by Gasteiger charge is -2.35. The fourth-order valence-corrected chi connectivity index (χ4v) is 4.84. The third kappa shape index (κ3) is 6.47. The second-order valence-corrected chi connectivity index (χ2v) is 10.5. The smallest absolute Gasteiger partial charge is 0.0474 e. The zero-order chi connectivity index (χ0) is 22.4. The van der Waals surface area contributed by atoms with Gasteiger partial charge in [-0.3, -0.25) is 0 Å². The molecule has 0 amide bonds. The molecule has 0 aliphatic rings. The van der Waals surface area contributed by atoms with E-state index in [0.717, 1.165) is 12.8 Å². The molecule has 3 aromatic rings. The summed E-state index contributed by atoms with van der Waals surface area (Å²) >= 11 is 6.04. The molecule has 3 atom stereocenters. The molecule has 0 heterocycles. The normalized spacial score (nSPS) is 14.8. The van der Waals surface area contributed by atoms with Crippen LogP contribution in [0.2, 0.25) is 0 Å². The van der Waals surface area contributed by atoms with E-state index in [1.54, 1.807) is 0 Å².